The Labute approximate surface area is 207 Å². The summed E-state index contributed by atoms with van der Waals surface area (Å²) in [6.45, 7) is 1.37. The number of rotatable bonds is 9. The molecule has 0 aliphatic carbocycles. The maximum Gasteiger partial charge on any atom is 0.225 e. The maximum atomic E-state index is 6.18. The van der Waals surface area contributed by atoms with Gasteiger partial charge in [-0.05, 0) is 48.2 Å². The SMILES string of the molecule is Nc1nc2c(cnn2CCCc2ccc(OCCc3ccccc3)cc2)c2nc(-c3ccco3)nn12. The number of nitrogens with two attached hydrogens (primary N) is 1. The minimum atomic E-state index is 0.257. The molecule has 0 saturated carbocycles. The molecule has 0 bridgehead atoms. The van der Waals surface area contributed by atoms with Gasteiger partial charge < -0.3 is 14.9 Å². The molecule has 9 nitrogen and oxygen atoms in total. The van der Waals surface area contributed by atoms with Crippen LogP contribution in [0.25, 0.3) is 28.3 Å². The number of hydrogen-bond acceptors (Lipinski definition) is 7. The topological polar surface area (TPSA) is 109 Å². The molecule has 0 unspecified atom stereocenters. The van der Waals surface area contributed by atoms with Crippen LogP contribution < -0.4 is 10.5 Å². The highest BCUT2D eigenvalue weighted by molar-refractivity contribution is 5.90. The zero-order chi connectivity index (χ0) is 24.3. The van der Waals surface area contributed by atoms with Crippen molar-refractivity contribution in [3.05, 3.63) is 90.3 Å². The predicted molar refractivity (Wildman–Crippen MR) is 137 cm³/mol. The summed E-state index contributed by atoms with van der Waals surface area (Å²) in [5.41, 5.74) is 10.0. The largest absolute Gasteiger partial charge is 0.493 e. The average molecular weight is 480 g/mol. The van der Waals surface area contributed by atoms with Crippen LogP contribution in [0.4, 0.5) is 5.95 Å². The van der Waals surface area contributed by atoms with Crippen molar-refractivity contribution in [2.75, 3.05) is 12.3 Å². The van der Waals surface area contributed by atoms with E-state index in [4.69, 9.17) is 14.9 Å². The summed E-state index contributed by atoms with van der Waals surface area (Å²) in [5.74, 6) is 2.18. The summed E-state index contributed by atoms with van der Waals surface area (Å²) < 4.78 is 14.7. The van der Waals surface area contributed by atoms with Crippen molar-refractivity contribution < 1.29 is 9.15 Å². The first kappa shape index (κ1) is 21.8. The van der Waals surface area contributed by atoms with Crippen LogP contribution in [0.15, 0.2) is 83.6 Å². The van der Waals surface area contributed by atoms with E-state index in [1.54, 1.807) is 18.5 Å². The molecule has 9 heteroatoms. The number of nitrogen functional groups attached to an aromatic ring is 1. The van der Waals surface area contributed by atoms with Gasteiger partial charge in [0.2, 0.25) is 11.8 Å². The van der Waals surface area contributed by atoms with Gasteiger partial charge in [-0.25, -0.2) is 9.67 Å². The van der Waals surface area contributed by atoms with E-state index in [9.17, 15) is 0 Å². The summed E-state index contributed by atoms with van der Waals surface area (Å²) in [5, 5.41) is 9.77. The van der Waals surface area contributed by atoms with Gasteiger partial charge >= 0.3 is 0 Å². The second-order valence-corrected chi connectivity index (χ2v) is 8.55. The molecule has 36 heavy (non-hydrogen) atoms. The molecular formula is C27H25N7O2. The Morgan fingerprint density at radius 1 is 0.861 bits per heavy atom. The first-order valence-corrected chi connectivity index (χ1v) is 11.9. The van der Waals surface area contributed by atoms with Crippen LogP contribution >= 0.6 is 0 Å². The van der Waals surface area contributed by atoms with Crippen LogP contribution in [0.3, 0.4) is 0 Å². The van der Waals surface area contributed by atoms with Gasteiger partial charge in [0.25, 0.3) is 0 Å². The smallest absolute Gasteiger partial charge is 0.225 e. The van der Waals surface area contributed by atoms with Gasteiger partial charge in [0.05, 0.1) is 24.5 Å². The molecule has 0 radical (unpaired) electrons. The molecule has 0 atom stereocenters. The van der Waals surface area contributed by atoms with Crippen LogP contribution in [0, 0.1) is 0 Å². The molecule has 0 fully saturated rings. The van der Waals surface area contributed by atoms with E-state index in [0.717, 1.165) is 30.4 Å². The van der Waals surface area contributed by atoms with E-state index in [-0.39, 0.29) is 5.95 Å². The molecule has 0 spiro atoms. The van der Waals surface area contributed by atoms with Crippen LogP contribution in [-0.4, -0.2) is 36.0 Å². The van der Waals surface area contributed by atoms with E-state index in [2.05, 4.69) is 56.6 Å². The number of furan rings is 1. The Morgan fingerprint density at radius 2 is 1.69 bits per heavy atom. The van der Waals surface area contributed by atoms with Crippen molar-refractivity contribution in [2.45, 2.75) is 25.8 Å². The minimum Gasteiger partial charge on any atom is -0.493 e. The fourth-order valence-corrected chi connectivity index (χ4v) is 4.25. The summed E-state index contributed by atoms with van der Waals surface area (Å²) in [4.78, 5) is 9.14. The van der Waals surface area contributed by atoms with Crippen molar-refractivity contribution in [3.63, 3.8) is 0 Å². The lowest BCUT2D eigenvalue weighted by atomic mass is 10.1. The molecule has 0 saturated heterocycles. The molecule has 2 N–H and O–H groups in total. The normalized spacial score (nSPS) is 11.4. The zero-order valence-corrected chi connectivity index (χ0v) is 19.6. The first-order chi connectivity index (χ1) is 17.7. The third-order valence-electron chi connectivity index (χ3n) is 6.10. The van der Waals surface area contributed by atoms with Gasteiger partial charge in [0.15, 0.2) is 17.1 Å². The molecule has 0 amide bonds. The quantitative estimate of drug-likeness (QED) is 0.323. The lowest BCUT2D eigenvalue weighted by molar-refractivity contribution is 0.322. The highest BCUT2D eigenvalue weighted by Crippen LogP contribution is 2.24. The van der Waals surface area contributed by atoms with Crippen molar-refractivity contribution in [2.24, 2.45) is 0 Å². The lowest BCUT2D eigenvalue weighted by Crippen LogP contribution is -2.07. The van der Waals surface area contributed by atoms with E-state index < -0.39 is 0 Å². The second-order valence-electron chi connectivity index (χ2n) is 8.55. The van der Waals surface area contributed by atoms with Crippen molar-refractivity contribution in [3.8, 4) is 17.3 Å². The number of aromatic nitrogens is 6. The zero-order valence-electron chi connectivity index (χ0n) is 19.6. The Bertz CT molecular complexity index is 1590. The Balaban J connectivity index is 1.09. The number of fused-ring (bicyclic) bond motifs is 3. The second kappa shape index (κ2) is 9.53. The van der Waals surface area contributed by atoms with Gasteiger partial charge in [-0.1, -0.05) is 42.5 Å². The molecular weight excluding hydrogens is 454 g/mol. The molecule has 6 rings (SSSR count). The summed E-state index contributed by atoms with van der Waals surface area (Å²) >= 11 is 0. The predicted octanol–water partition coefficient (Wildman–Crippen LogP) is 4.57. The van der Waals surface area contributed by atoms with Crippen LogP contribution in [-0.2, 0) is 19.4 Å². The highest BCUT2D eigenvalue weighted by Gasteiger charge is 2.17. The van der Waals surface area contributed by atoms with Crippen LogP contribution in [0.2, 0.25) is 0 Å². The Hall–Kier alpha value is -4.66. The Morgan fingerprint density at radius 3 is 2.50 bits per heavy atom. The van der Waals surface area contributed by atoms with E-state index in [1.165, 1.54) is 15.6 Å². The van der Waals surface area contributed by atoms with Crippen molar-refractivity contribution in [1.82, 2.24) is 29.4 Å². The number of aryl methyl sites for hydroxylation is 2. The molecule has 0 aliphatic heterocycles. The maximum absolute atomic E-state index is 6.18. The molecule has 0 aliphatic rings. The fraction of sp³-hybridized carbons (Fsp3) is 0.185. The van der Waals surface area contributed by atoms with Gasteiger partial charge in [-0.3, -0.25) is 0 Å². The highest BCUT2D eigenvalue weighted by atomic mass is 16.5. The standard InChI is InChI=1S/C27H25N7O2/c28-27-31-25-22(26-30-24(32-34(26)27)23-9-5-16-36-23)18-29-33(25)15-4-8-20-10-12-21(13-11-20)35-17-14-19-6-2-1-3-7-19/h1-3,5-7,9-13,16,18H,4,8,14-15,17H2,(H2,28,31). The van der Waals surface area contributed by atoms with E-state index >= 15 is 0 Å². The minimum absolute atomic E-state index is 0.257. The number of anilines is 1. The number of hydrogen-bond donors (Lipinski definition) is 1. The van der Waals surface area contributed by atoms with Crippen molar-refractivity contribution >= 4 is 22.6 Å². The fourth-order valence-electron chi connectivity index (χ4n) is 4.25. The molecule has 6 aromatic rings. The number of ether oxygens (including phenoxy) is 1. The molecule has 4 aromatic heterocycles. The van der Waals surface area contributed by atoms with E-state index in [0.29, 0.717) is 36.0 Å². The molecule has 2 aromatic carbocycles. The van der Waals surface area contributed by atoms with Gasteiger partial charge in [0, 0.05) is 13.0 Å². The van der Waals surface area contributed by atoms with Gasteiger partial charge in [-0.15, -0.1) is 5.10 Å². The van der Waals surface area contributed by atoms with Gasteiger partial charge in [0.1, 0.15) is 5.75 Å². The summed E-state index contributed by atoms with van der Waals surface area (Å²) in [6, 6.07) is 22.3. The van der Waals surface area contributed by atoms with Crippen LogP contribution in [0.1, 0.15) is 17.5 Å². The molecule has 4 heterocycles. The monoisotopic (exact) mass is 479 g/mol. The number of benzene rings is 2. The van der Waals surface area contributed by atoms with Crippen molar-refractivity contribution in [1.29, 1.82) is 0 Å². The van der Waals surface area contributed by atoms with Gasteiger partial charge in [-0.2, -0.15) is 14.6 Å². The molecule has 180 valence electrons. The number of nitrogens with zero attached hydrogens (tertiary/aromatic N) is 6. The third kappa shape index (κ3) is 4.38. The third-order valence-corrected chi connectivity index (χ3v) is 6.10. The lowest BCUT2D eigenvalue weighted by Gasteiger charge is -2.08. The summed E-state index contributed by atoms with van der Waals surface area (Å²) in [7, 11) is 0. The van der Waals surface area contributed by atoms with E-state index in [1.807, 2.05) is 28.9 Å². The first-order valence-electron chi connectivity index (χ1n) is 11.9. The summed E-state index contributed by atoms with van der Waals surface area (Å²) in [6.07, 6.45) is 6.06. The Kier molecular flexibility index (Phi) is 5.79. The van der Waals surface area contributed by atoms with Crippen LogP contribution in [0.5, 0.6) is 5.75 Å². The average Bonchev–Trinajstić information content (AvgIpc) is 3.66.